The molecule has 0 aromatic heterocycles. The number of carbonyl (C=O) groups is 4. The molecule has 2 aromatic carbocycles. The summed E-state index contributed by atoms with van der Waals surface area (Å²) in [4.78, 5) is 62.1. The molecule has 0 radical (unpaired) electrons. The minimum absolute atomic E-state index is 0.128. The lowest BCUT2D eigenvalue weighted by Crippen LogP contribution is -2.56. The van der Waals surface area contributed by atoms with E-state index in [4.69, 9.17) is 10.5 Å². The van der Waals surface area contributed by atoms with Gasteiger partial charge in [0.15, 0.2) is 0 Å². The average Bonchev–Trinajstić information content (AvgIpc) is 2.98. The van der Waals surface area contributed by atoms with Crippen molar-refractivity contribution in [2.75, 3.05) is 19.0 Å². The van der Waals surface area contributed by atoms with Gasteiger partial charge in [0.05, 0.1) is 12.0 Å². The topological polar surface area (TPSA) is 195 Å². The molecule has 2 aromatic rings. The summed E-state index contributed by atoms with van der Waals surface area (Å²) in [5.74, 6) is -1.69. The Morgan fingerprint density at radius 2 is 1.50 bits per heavy atom. The third-order valence-electron chi connectivity index (χ3n) is 6.47. The zero-order valence-corrected chi connectivity index (χ0v) is 24.0. The van der Waals surface area contributed by atoms with Crippen LogP contribution in [0.3, 0.4) is 0 Å². The number of carbonyl (C=O) groups excluding carboxylic acids is 4. The SMILES string of the molecule is CCCC[C@H](NC(=O)N[C@@H](Cc1ccccc1)C(=O)Nc1ccc([N+](=O)[O-])cc1)C(=O)N[C@@H](CCCCN)C(=O)OC. The molecule has 0 aliphatic heterocycles. The fraction of sp³-hybridized carbons (Fsp3) is 0.448. The average molecular weight is 585 g/mol. The van der Waals surface area contributed by atoms with E-state index >= 15 is 0 Å². The van der Waals surface area contributed by atoms with Gasteiger partial charge in [-0.05, 0) is 49.9 Å². The molecule has 2 rings (SSSR count). The van der Waals surface area contributed by atoms with Crippen molar-refractivity contribution in [1.82, 2.24) is 16.0 Å². The highest BCUT2D eigenvalue weighted by Crippen LogP contribution is 2.16. The van der Waals surface area contributed by atoms with Crippen molar-refractivity contribution in [3.8, 4) is 0 Å². The second-order valence-corrected chi connectivity index (χ2v) is 9.72. The minimum atomic E-state index is -1.04. The van der Waals surface area contributed by atoms with Crippen LogP contribution in [0.15, 0.2) is 54.6 Å². The van der Waals surface area contributed by atoms with E-state index in [1.807, 2.05) is 13.0 Å². The molecule has 13 heteroatoms. The summed E-state index contributed by atoms with van der Waals surface area (Å²) in [5, 5.41) is 21.6. The Balaban J connectivity index is 2.16. The number of hydrogen-bond donors (Lipinski definition) is 5. The van der Waals surface area contributed by atoms with Crippen LogP contribution in [0.25, 0.3) is 0 Å². The minimum Gasteiger partial charge on any atom is -0.467 e. The number of ether oxygens (including phenoxy) is 1. The molecule has 0 saturated carbocycles. The van der Waals surface area contributed by atoms with Crippen LogP contribution in [-0.2, 0) is 25.5 Å². The fourth-order valence-corrected chi connectivity index (χ4v) is 4.15. The summed E-state index contributed by atoms with van der Waals surface area (Å²) < 4.78 is 4.83. The zero-order chi connectivity index (χ0) is 30.9. The quantitative estimate of drug-likeness (QED) is 0.0810. The maximum atomic E-state index is 13.2. The van der Waals surface area contributed by atoms with E-state index in [1.54, 1.807) is 24.3 Å². The van der Waals surface area contributed by atoms with Gasteiger partial charge in [0.2, 0.25) is 11.8 Å². The van der Waals surface area contributed by atoms with Crippen molar-refractivity contribution < 1.29 is 28.8 Å². The number of esters is 1. The number of nitrogens with one attached hydrogen (secondary N) is 4. The van der Waals surface area contributed by atoms with Crippen LogP contribution in [0, 0.1) is 10.1 Å². The van der Waals surface area contributed by atoms with E-state index in [-0.39, 0.29) is 12.1 Å². The molecule has 0 aliphatic carbocycles. The van der Waals surface area contributed by atoms with Crippen LogP contribution in [0.1, 0.15) is 51.0 Å². The maximum absolute atomic E-state index is 13.2. The van der Waals surface area contributed by atoms with E-state index < -0.39 is 46.9 Å². The predicted octanol–water partition coefficient (Wildman–Crippen LogP) is 2.79. The molecule has 0 bridgehead atoms. The summed E-state index contributed by atoms with van der Waals surface area (Å²) in [7, 11) is 1.24. The summed E-state index contributed by atoms with van der Waals surface area (Å²) in [6, 6.07) is 10.7. The van der Waals surface area contributed by atoms with E-state index in [0.717, 1.165) is 12.0 Å². The molecule has 0 unspecified atom stereocenters. The molecule has 0 fully saturated rings. The first-order valence-corrected chi connectivity index (χ1v) is 13.9. The van der Waals surface area contributed by atoms with Crippen molar-refractivity contribution in [1.29, 1.82) is 0 Å². The highest BCUT2D eigenvalue weighted by Gasteiger charge is 2.28. The molecule has 4 amide bonds. The van der Waals surface area contributed by atoms with Crippen molar-refractivity contribution in [2.45, 2.75) is 70.0 Å². The van der Waals surface area contributed by atoms with Crippen molar-refractivity contribution in [2.24, 2.45) is 5.73 Å². The number of unbranched alkanes of at least 4 members (excludes halogenated alkanes) is 2. The lowest BCUT2D eigenvalue weighted by atomic mass is 10.0. The van der Waals surface area contributed by atoms with Gasteiger partial charge in [-0.15, -0.1) is 0 Å². The molecule has 228 valence electrons. The van der Waals surface area contributed by atoms with Crippen LogP contribution in [0.5, 0.6) is 0 Å². The number of urea groups is 1. The third kappa shape index (κ3) is 11.5. The predicted molar refractivity (Wildman–Crippen MR) is 157 cm³/mol. The Morgan fingerprint density at radius 3 is 2.10 bits per heavy atom. The Kier molecular flexibility index (Phi) is 14.5. The summed E-state index contributed by atoms with van der Waals surface area (Å²) >= 11 is 0. The van der Waals surface area contributed by atoms with Crippen molar-refractivity contribution >= 4 is 35.2 Å². The second-order valence-electron chi connectivity index (χ2n) is 9.72. The Bertz CT molecular complexity index is 1180. The van der Waals surface area contributed by atoms with Crippen LogP contribution in [-0.4, -0.2) is 60.5 Å². The highest BCUT2D eigenvalue weighted by molar-refractivity contribution is 5.98. The van der Waals surface area contributed by atoms with E-state index in [0.29, 0.717) is 44.3 Å². The van der Waals surface area contributed by atoms with Crippen LogP contribution >= 0.6 is 0 Å². The van der Waals surface area contributed by atoms with Gasteiger partial charge in [-0.25, -0.2) is 9.59 Å². The number of hydrogen-bond acceptors (Lipinski definition) is 8. The summed E-state index contributed by atoms with van der Waals surface area (Å²) in [6.07, 6.45) is 3.46. The highest BCUT2D eigenvalue weighted by atomic mass is 16.6. The largest absolute Gasteiger partial charge is 0.467 e. The van der Waals surface area contributed by atoms with E-state index in [2.05, 4.69) is 21.3 Å². The Hall–Kier alpha value is -4.52. The molecule has 0 spiro atoms. The normalized spacial score (nSPS) is 12.7. The first-order chi connectivity index (χ1) is 20.2. The van der Waals surface area contributed by atoms with Crippen LogP contribution < -0.4 is 27.0 Å². The fourth-order valence-electron chi connectivity index (χ4n) is 4.15. The van der Waals surface area contributed by atoms with Gasteiger partial charge in [0, 0.05) is 24.2 Å². The number of rotatable bonds is 17. The Morgan fingerprint density at radius 1 is 0.857 bits per heavy atom. The lowest BCUT2D eigenvalue weighted by Gasteiger charge is -2.24. The van der Waals surface area contributed by atoms with Gasteiger partial charge < -0.3 is 31.7 Å². The van der Waals surface area contributed by atoms with Gasteiger partial charge in [0.25, 0.3) is 5.69 Å². The summed E-state index contributed by atoms with van der Waals surface area (Å²) in [5.41, 5.74) is 6.51. The number of nitrogens with two attached hydrogens (primary N) is 1. The van der Waals surface area contributed by atoms with Crippen LogP contribution in [0.2, 0.25) is 0 Å². The number of anilines is 1. The molecule has 0 heterocycles. The number of non-ortho nitro benzene ring substituents is 1. The standard InChI is InChI=1S/C29H40N6O7/c1-3-4-12-23(26(36)32-24(28(38)42-2)13-8-9-18-30)33-29(39)34-25(19-20-10-6-5-7-11-20)27(37)31-21-14-16-22(17-15-21)35(40)41/h5-7,10-11,14-17,23-25H,3-4,8-9,12-13,18-19,30H2,1-2H3,(H,31,37)(H,32,36)(H2,33,34,39)/t23-,24-,25-/m0/s1. The number of nitro groups is 1. The van der Waals surface area contributed by atoms with E-state index in [9.17, 15) is 29.3 Å². The lowest BCUT2D eigenvalue weighted by molar-refractivity contribution is -0.384. The summed E-state index contributed by atoms with van der Waals surface area (Å²) in [6.45, 7) is 2.39. The Labute approximate surface area is 245 Å². The number of nitrogens with zero attached hydrogens (tertiary/aromatic N) is 1. The smallest absolute Gasteiger partial charge is 0.328 e. The first-order valence-electron chi connectivity index (χ1n) is 13.9. The molecule has 0 saturated heterocycles. The van der Waals surface area contributed by atoms with Crippen molar-refractivity contribution in [3.05, 3.63) is 70.3 Å². The maximum Gasteiger partial charge on any atom is 0.328 e. The number of amides is 4. The zero-order valence-electron chi connectivity index (χ0n) is 24.0. The van der Waals surface area contributed by atoms with Gasteiger partial charge in [0.1, 0.15) is 18.1 Å². The molecule has 3 atom stereocenters. The van der Waals surface area contributed by atoms with Gasteiger partial charge in [-0.2, -0.15) is 0 Å². The monoisotopic (exact) mass is 584 g/mol. The van der Waals surface area contributed by atoms with Crippen LogP contribution in [0.4, 0.5) is 16.2 Å². The van der Waals surface area contributed by atoms with Gasteiger partial charge in [-0.3, -0.25) is 19.7 Å². The molecular formula is C29H40N6O7. The van der Waals surface area contributed by atoms with Crippen molar-refractivity contribution in [3.63, 3.8) is 0 Å². The van der Waals surface area contributed by atoms with Gasteiger partial charge in [-0.1, -0.05) is 50.1 Å². The second kappa shape index (κ2) is 18.0. The number of nitro benzene ring substituents is 1. The number of benzene rings is 2. The van der Waals surface area contributed by atoms with Gasteiger partial charge >= 0.3 is 12.0 Å². The molecule has 13 nitrogen and oxygen atoms in total. The third-order valence-corrected chi connectivity index (χ3v) is 6.47. The first kappa shape index (κ1) is 33.7. The van der Waals surface area contributed by atoms with E-state index in [1.165, 1.54) is 31.4 Å². The molecule has 0 aliphatic rings. The molecule has 42 heavy (non-hydrogen) atoms. The molecular weight excluding hydrogens is 544 g/mol. The molecule has 6 N–H and O–H groups in total. The number of methoxy groups -OCH3 is 1.